The molecule has 1 N–H and O–H groups in total. The molecule has 0 spiro atoms. The van der Waals surface area contributed by atoms with Crippen molar-refractivity contribution >= 4 is 23.2 Å². The Kier molecular flexibility index (Phi) is 7.69. The first-order valence-corrected chi connectivity index (χ1v) is 11.9. The topological polar surface area (TPSA) is 97.3 Å². The fourth-order valence-electron chi connectivity index (χ4n) is 3.67. The molecule has 15 heteroatoms. The fraction of sp³-hybridized carbons (Fsp3) is 0.348. The molecule has 0 saturated carbocycles. The van der Waals surface area contributed by atoms with Gasteiger partial charge in [0.05, 0.1) is 42.3 Å². The molecule has 202 valence electrons. The maximum absolute atomic E-state index is 13.2. The van der Waals surface area contributed by atoms with E-state index in [-0.39, 0.29) is 23.4 Å². The molecule has 1 aliphatic rings. The minimum Gasteiger partial charge on any atom is -0.378 e. The Morgan fingerprint density at radius 3 is 2.18 bits per heavy atom. The first-order valence-electron chi connectivity index (χ1n) is 11.1. The van der Waals surface area contributed by atoms with Crippen LogP contribution in [0.5, 0.6) is 0 Å². The summed E-state index contributed by atoms with van der Waals surface area (Å²) in [6, 6.07) is -0.352. The number of benzene rings is 1. The van der Waals surface area contributed by atoms with Crippen LogP contribution >= 0.6 is 11.3 Å². The zero-order chi connectivity index (χ0) is 27.7. The number of hydrogen-bond acceptors (Lipinski definition) is 7. The minimum atomic E-state index is -5.10. The first-order chi connectivity index (χ1) is 17.8. The zero-order valence-corrected chi connectivity index (χ0v) is 20.4. The van der Waals surface area contributed by atoms with Crippen LogP contribution in [0.2, 0.25) is 0 Å². The van der Waals surface area contributed by atoms with Crippen molar-refractivity contribution in [2.45, 2.75) is 25.3 Å². The fourth-order valence-corrected chi connectivity index (χ4v) is 4.56. The molecule has 1 fully saturated rings. The Hall–Kier alpha value is -3.59. The summed E-state index contributed by atoms with van der Waals surface area (Å²) >= 11 is 1.04. The molecule has 2 aromatic heterocycles. The molecule has 4 rings (SSSR count). The van der Waals surface area contributed by atoms with Gasteiger partial charge in [-0.1, -0.05) is 0 Å². The molecule has 1 unspecified atom stereocenters. The van der Waals surface area contributed by atoms with Crippen LogP contribution in [-0.2, 0) is 17.1 Å². The number of halogens is 6. The maximum Gasteiger partial charge on any atom is 0.416 e. The van der Waals surface area contributed by atoms with Crippen molar-refractivity contribution in [3.8, 4) is 10.7 Å². The Bertz CT molecular complexity index is 1310. The van der Waals surface area contributed by atoms with Gasteiger partial charge in [-0.05, 0) is 25.1 Å². The van der Waals surface area contributed by atoms with Crippen molar-refractivity contribution in [2.75, 3.05) is 26.3 Å². The van der Waals surface area contributed by atoms with Gasteiger partial charge >= 0.3 is 12.4 Å². The average Bonchev–Trinajstić information content (AvgIpc) is 3.37. The number of carbonyl (C=O) groups is 2. The maximum atomic E-state index is 13.2. The van der Waals surface area contributed by atoms with Gasteiger partial charge in [0.25, 0.3) is 11.8 Å². The van der Waals surface area contributed by atoms with Crippen molar-refractivity contribution < 1.29 is 40.7 Å². The van der Waals surface area contributed by atoms with Crippen LogP contribution in [0.25, 0.3) is 10.7 Å². The van der Waals surface area contributed by atoms with Gasteiger partial charge in [0, 0.05) is 31.0 Å². The number of carbonyl (C=O) groups excluding carboxylic acids is 2. The third-order valence-electron chi connectivity index (χ3n) is 5.55. The van der Waals surface area contributed by atoms with Gasteiger partial charge in [-0.3, -0.25) is 19.6 Å². The van der Waals surface area contributed by atoms with Gasteiger partial charge in [-0.2, -0.15) is 26.3 Å². The smallest absolute Gasteiger partial charge is 0.378 e. The Morgan fingerprint density at radius 2 is 1.58 bits per heavy atom. The molecule has 0 radical (unpaired) electrons. The Balaban J connectivity index is 1.58. The molecule has 0 bridgehead atoms. The number of nitrogens with one attached hydrogen (secondary N) is 1. The highest BCUT2D eigenvalue weighted by molar-refractivity contribution is 7.16. The van der Waals surface area contributed by atoms with Crippen LogP contribution in [0.15, 0.2) is 36.8 Å². The van der Waals surface area contributed by atoms with Gasteiger partial charge < -0.3 is 15.0 Å². The summed E-state index contributed by atoms with van der Waals surface area (Å²) in [6.45, 7) is 3.13. The number of rotatable bonds is 5. The lowest BCUT2D eigenvalue weighted by Crippen LogP contribution is -2.40. The SMILES string of the molecule is CC(NC(=O)c1cc(C(F)(F)F)cc(C(F)(F)F)c1)c1nccnc1-c1ncc(C(=O)N2CCOCC2)s1. The number of hydrogen-bond donors (Lipinski definition) is 1. The molecule has 8 nitrogen and oxygen atoms in total. The van der Waals surface area contributed by atoms with Crippen LogP contribution in [0.3, 0.4) is 0 Å². The number of ether oxygens (including phenoxy) is 1. The van der Waals surface area contributed by atoms with E-state index in [2.05, 4.69) is 20.3 Å². The van der Waals surface area contributed by atoms with Crippen LogP contribution in [0.1, 0.15) is 49.8 Å². The standard InChI is InChI=1S/C23H19F6N5O3S/c1-12(33-19(35)13-8-14(22(24,25)26)10-15(9-13)23(27,28)29)17-18(31-3-2-30-17)20-32-11-16(38-20)21(36)34-4-6-37-7-5-34/h2-3,8-12H,4-7H2,1H3,(H,33,35). The van der Waals surface area contributed by atoms with Gasteiger partial charge in [0.1, 0.15) is 15.6 Å². The predicted octanol–water partition coefficient (Wildman–Crippen LogP) is 4.60. The van der Waals surface area contributed by atoms with Crippen LogP contribution in [0, 0.1) is 0 Å². The van der Waals surface area contributed by atoms with E-state index in [4.69, 9.17) is 4.74 Å². The van der Waals surface area contributed by atoms with Crippen molar-refractivity contribution in [1.82, 2.24) is 25.2 Å². The van der Waals surface area contributed by atoms with E-state index in [0.717, 1.165) is 11.3 Å². The molecule has 3 aromatic rings. The number of amides is 2. The monoisotopic (exact) mass is 559 g/mol. The molecule has 1 saturated heterocycles. The van der Waals surface area contributed by atoms with Crippen molar-refractivity contribution in [3.05, 3.63) is 64.1 Å². The molecule has 1 aromatic carbocycles. The van der Waals surface area contributed by atoms with E-state index in [0.29, 0.717) is 48.3 Å². The van der Waals surface area contributed by atoms with Crippen LogP contribution < -0.4 is 5.32 Å². The zero-order valence-electron chi connectivity index (χ0n) is 19.6. The Labute approximate surface area is 215 Å². The number of aromatic nitrogens is 3. The van der Waals surface area contributed by atoms with E-state index in [1.165, 1.54) is 25.5 Å². The van der Waals surface area contributed by atoms with E-state index < -0.39 is 41.0 Å². The lowest BCUT2D eigenvalue weighted by molar-refractivity contribution is -0.143. The second-order valence-electron chi connectivity index (χ2n) is 8.21. The highest BCUT2D eigenvalue weighted by Gasteiger charge is 2.37. The average molecular weight is 559 g/mol. The lowest BCUT2D eigenvalue weighted by Gasteiger charge is -2.26. The van der Waals surface area contributed by atoms with Crippen molar-refractivity contribution in [1.29, 1.82) is 0 Å². The predicted molar refractivity (Wildman–Crippen MR) is 122 cm³/mol. The second kappa shape index (κ2) is 10.6. The summed E-state index contributed by atoms with van der Waals surface area (Å²) in [5.74, 6) is -1.41. The van der Waals surface area contributed by atoms with E-state index in [1.54, 1.807) is 4.90 Å². The van der Waals surface area contributed by atoms with Gasteiger partial charge in [-0.25, -0.2) is 4.98 Å². The highest BCUT2D eigenvalue weighted by Crippen LogP contribution is 2.36. The molecule has 38 heavy (non-hydrogen) atoms. The van der Waals surface area contributed by atoms with Crippen molar-refractivity contribution in [2.24, 2.45) is 0 Å². The number of nitrogens with zero attached hydrogens (tertiary/aromatic N) is 4. The van der Waals surface area contributed by atoms with Gasteiger partial charge in [0.15, 0.2) is 0 Å². The third kappa shape index (κ3) is 6.10. The largest absolute Gasteiger partial charge is 0.416 e. The van der Waals surface area contributed by atoms with E-state index in [1.807, 2.05) is 0 Å². The molecule has 1 atom stereocenters. The second-order valence-corrected chi connectivity index (χ2v) is 9.24. The number of morpholine rings is 1. The number of alkyl halides is 6. The van der Waals surface area contributed by atoms with Crippen molar-refractivity contribution in [3.63, 3.8) is 0 Å². The molecule has 3 heterocycles. The molecular formula is C23H19F6N5O3S. The lowest BCUT2D eigenvalue weighted by atomic mass is 10.0. The van der Waals surface area contributed by atoms with Crippen LogP contribution in [-0.4, -0.2) is 58.0 Å². The third-order valence-corrected chi connectivity index (χ3v) is 6.54. The van der Waals surface area contributed by atoms with Gasteiger partial charge in [0.2, 0.25) is 0 Å². The molecule has 0 aliphatic carbocycles. The summed E-state index contributed by atoms with van der Waals surface area (Å²) in [4.78, 5) is 40.1. The summed E-state index contributed by atoms with van der Waals surface area (Å²) < 4.78 is 84.4. The molecular weight excluding hydrogens is 540 g/mol. The summed E-state index contributed by atoms with van der Waals surface area (Å²) in [5, 5.41) is 2.67. The summed E-state index contributed by atoms with van der Waals surface area (Å²) in [7, 11) is 0. The minimum absolute atomic E-state index is 0.0563. The Morgan fingerprint density at radius 1 is 0.974 bits per heavy atom. The highest BCUT2D eigenvalue weighted by atomic mass is 32.1. The van der Waals surface area contributed by atoms with E-state index in [9.17, 15) is 35.9 Å². The van der Waals surface area contributed by atoms with E-state index >= 15 is 0 Å². The van der Waals surface area contributed by atoms with Gasteiger partial charge in [-0.15, -0.1) is 11.3 Å². The normalized spacial score (nSPS) is 15.3. The quantitative estimate of drug-likeness (QED) is 0.459. The molecule has 1 aliphatic heterocycles. The van der Waals surface area contributed by atoms with Crippen LogP contribution in [0.4, 0.5) is 26.3 Å². The first kappa shape index (κ1) is 27.4. The summed E-state index contributed by atoms with van der Waals surface area (Å²) in [6.07, 6.45) is -6.16. The summed E-state index contributed by atoms with van der Waals surface area (Å²) in [5.41, 5.74) is -3.68. The number of thiazole rings is 1. The molecule has 2 amide bonds.